The molecule has 1 amide bonds. The summed E-state index contributed by atoms with van der Waals surface area (Å²) in [7, 11) is 0. The first-order chi connectivity index (χ1) is 12.7. The molecule has 2 aromatic rings. The molecule has 7 heteroatoms. The van der Waals surface area contributed by atoms with Crippen LogP contribution in [0.25, 0.3) is 11.4 Å². The minimum Gasteiger partial charge on any atom is -0.355 e. The zero-order valence-electron chi connectivity index (χ0n) is 15.1. The van der Waals surface area contributed by atoms with Crippen molar-refractivity contribution in [2.24, 2.45) is 0 Å². The molecule has 1 atom stereocenters. The van der Waals surface area contributed by atoms with Gasteiger partial charge in [-0.05, 0) is 56.6 Å². The number of carbonyl (C=O) groups is 1. The molecule has 0 radical (unpaired) electrons. The van der Waals surface area contributed by atoms with Crippen LogP contribution in [0, 0.1) is 0 Å². The van der Waals surface area contributed by atoms with Gasteiger partial charge < -0.3 is 9.84 Å². The third-order valence-electron chi connectivity index (χ3n) is 4.80. The van der Waals surface area contributed by atoms with E-state index < -0.39 is 0 Å². The average molecular weight is 377 g/mol. The van der Waals surface area contributed by atoms with E-state index in [1.165, 1.54) is 12.8 Å². The van der Waals surface area contributed by atoms with Crippen molar-refractivity contribution in [2.45, 2.75) is 45.1 Å². The minimum absolute atomic E-state index is 0.0221. The lowest BCUT2D eigenvalue weighted by Crippen LogP contribution is -2.42. The summed E-state index contributed by atoms with van der Waals surface area (Å²) in [6, 6.07) is 7.68. The molecular formula is C19H25ClN4O2. The Bertz CT molecular complexity index is 711. The molecule has 140 valence electrons. The van der Waals surface area contributed by atoms with E-state index in [4.69, 9.17) is 16.1 Å². The van der Waals surface area contributed by atoms with E-state index in [1.807, 2.05) is 12.1 Å². The Morgan fingerprint density at radius 3 is 2.73 bits per heavy atom. The van der Waals surface area contributed by atoms with E-state index in [2.05, 4.69) is 27.3 Å². The highest BCUT2D eigenvalue weighted by Gasteiger charge is 2.20. The van der Waals surface area contributed by atoms with Crippen LogP contribution in [0.15, 0.2) is 28.8 Å². The molecule has 1 aliphatic rings. The molecule has 26 heavy (non-hydrogen) atoms. The molecule has 1 N–H and O–H groups in total. The zero-order chi connectivity index (χ0) is 18.4. The number of rotatable bonds is 8. The molecule has 1 aromatic carbocycles. The van der Waals surface area contributed by atoms with Gasteiger partial charge in [0.1, 0.15) is 0 Å². The number of hydrogen-bond acceptors (Lipinski definition) is 5. The van der Waals surface area contributed by atoms with Crippen LogP contribution in [0.4, 0.5) is 0 Å². The fraction of sp³-hybridized carbons (Fsp3) is 0.526. The predicted molar refractivity (Wildman–Crippen MR) is 101 cm³/mol. The summed E-state index contributed by atoms with van der Waals surface area (Å²) >= 11 is 5.88. The van der Waals surface area contributed by atoms with Gasteiger partial charge in [0.15, 0.2) is 0 Å². The SMILES string of the molecule is CCC(CNC(=O)CCc1nc(-c2ccc(Cl)cc2)no1)N1CCCC1. The predicted octanol–water partition coefficient (Wildman–Crippen LogP) is 3.31. The maximum atomic E-state index is 12.1. The van der Waals surface area contributed by atoms with Crippen LogP contribution in [0.2, 0.25) is 5.02 Å². The fourth-order valence-corrected chi connectivity index (χ4v) is 3.38. The monoisotopic (exact) mass is 376 g/mol. The number of likely N-dealkylation sites (tertiary alicyclic amines) is 1. The van der Waals surface area contributed by atoms with Crippen LogP contribution < -0.4 is 5.32 Å². The fourth-order valence-electron chi connectivity index (χ4n) is 3.25. The number of carbonyl (C=O) groups excluding carboxylic acids is 1. The summed E-state index contributed by atoms with van der Waals surface area (Å²) in [4.78, 5) is 18.9. The first-order valence-corrected chi connectivity index (χ1v) is 9.62. The number of nitrogens with zero attached hydrogens (tertiary/aromatic N) is 3. The molecule has 6 nitrogen and oxygen atoms in total. The number of benzene rings is 1. The lowest BCUT2D eigenvalue weighted by Gasteiger charge is -2.26. The van der Waals surface area contributed by atoms with Crippen LogP contribution in [-0.2, 0) is 11.2 Å². The van der Waals surface area contributed by atoms with Crippen molar-refractivity contribution >= 4 is 17.5 Å². The van der Waals surface area contributed by atoms with Gasteiger partial charge in [0.2, 0.25) is 17.6 Å². The molecule has 3 rings (SSSR count). The summed E-state index contributed by atoms with van der Waals surface area (Å²) in [5.41, 5.74) is 0.838. The first kappa shape index (κ1) is 18.9. The van der Waals surface area contributed by atoms with Gasteiger partial charge in [-0.2, -0.15) is 4.98 Å². The van der Waals surface area contributed by atoms with E-state index in [9.17, 15) is 4.79 Å². The Morgan fingerprint density at radius 1 is 1.31 bits per heavy atom. The van der Waals surface area contributed by atoms with Crippen LogP contribution >= 0.6 is 11.6 Å². The van der Waals surface area contributed by atoms with Gasteiger partial charge in [0.25, 0.3) is 0 Å². The van der Waals surface area contributed by atoms with Crippen molar-refractivity contribution < 1.29 is 9.32 Å². The summed E-state index contributed by atoms with van der Waals surface area (Å²) in [5, 5.41) is 7.67. The Balaban J connectivity index is 1.45. The lowest BCUT2D eigenvalue weighted by atomic mass is 10.2. The normalized spacial score (nSPS) is 15.9. The number of hydrogen-bond donors (Lipinski definition) is 1. The second-order valence-corrected chi connectivity index (χ2v) is 7.06. The van der Waals surface area contributed by atoms with Gasteiger partial charge in [-0.15, -0.1) is 0 Å². The molecule has 1 saturated heterocycles. The van der Waals surface area contributed by atoms with E-state index >= 15 is 0 Å². The molecular weight excluding hydrogens is 352 g/mol. The second kappa shape index (κ2) is 9.14. The summed E-state index contributed by atoms with van der Waals surface area (Å²) in [5.74, 6) is 1.00. The Kier molecular flexibility index (Phi) is 6.63. The first-order valence-electron chi connectivity index (χ1n) is 9.25. The highest BCUT2D eigenvalue weighted by molar-refractivity contribution is 6.30. The van der Waals surface area contributed by atoms with Crippen LogP contribution in [-0.4, -0.2) is 46.6 Å². The van der Waals surface area contributed by atoms with Crippen LogP contribution in [0.1, 0.15) is 38.5 Å². The third-order valence-corrected chi connectivity index (χ3v) is 5.05. The average Bonchev–Trinajstić information content (AvgIpc) is 3.33. The Labute approximate surface area is 158 Å². The maximum absolute atomic E-state index is 12.1. The van der Waals surface area contributed by atoms with Gasteiger partial charge in [-0.25, -0.2) is 0 Å². The molecule has 2 heterocycles. The highest BCUT2D eigenvalue weighted by atomic mass is 35.5. The molecule has 0 spiro atoms. The van der Waals surface area contributed by atoms with Gasteiger partial charge in [-0.1, -0.05) is 23.7 Å². The van der Waals surface area contributed by atoms with E-state index in [0.29, 0.717) is 42.2 Å². The smallest absolute Gasteiger partial charge is 0.227 e. The number of halogens is 1. The number of amides is 1. The summed E-state index contributed by atoms with van der Waals surface area (Å²) in [6.07, 6.45) is 4.36. The van der Waals surface area contributed by atoms with E-state index in [1.54, 1.807) is 12.1 Å². The summed E-state index contributed by atoms with van der Waals surface area (Å²) in [6.45, 7) is 5.16. The molecule has 0 saturated carbocycles. The van der Waals surface area contributed by atoms with E-state index in [0.717, 1.165) is 25.1 Å². The standard InChI is InChI=1S/C19H25ClN4O2/c1-2-16(24-11-3-4-12-24)13-21-17(25)9-10-18-22-19(23-26-18)14-5-7-15(20)8-6-14/h5-8,16H,2-4,9-13H2,1H3,(H,21,25). The quantitative estimate of drug-likeness (QED) is 0.765. The molecule has 0 bridgehead atoms. The van der Waals surface area contributed by atoms with Gasteiger partial charge >= 0.3 is 0 Å². The van der Waals surface area contributed by atoms with Crippen LogP contribution in [0.5, 0.6) is 0 Å². The minimum atomic E-state index is 0.0221. The molecule has 1 aliphatic heterocycles. The van der Waals surface area contributed by atoms with Gasteiger partial charge in [0, 0.05) is 36.0 Å². The topological polar surface area (TPSA) is 71.3 Å². The number of aryl methyl sites for hydroxylation is 1. The lowest BCUT2D eigenvalue weighted by molar-refractivity contribution is -0.121. The van der Waals surface area contributed by atoms with Crippen molar-refractivity contribution in [3.8, 4) is 11.4 Å². The van der Waals surface area contributed by atoms with E-state index in [-0.39, 0.29) is 5.91 Å². The Morgan fingerprint density at radius 2 is 2.04 bits per heavy atom. The third kappa shape index (κ3) is 5.05. The zero-order valence-corrected chi connectivity index (χ0v) is 15.8. The van der Waals surface area contributed by atoms with Crippen molar-refractivity contribution in [3.63, 3.8) is 0 Å². The van der Waals surface area contributed by atoms with Crippen molar-refractivity contribution in [3.05, 3.63) is 35.2 Å². The highest BCUT2D eigenvalue weighted by Crippen LogP contribution is 2.19. The van der Waals surface area contributed by atoms with Crippen molar-refractivity contribution in [1.29, 1.82) is 0 Å². The van der Waals surface area contributed by atoms with Gasteiger partial charge in [-0.3, -0.25) is 9.69 Å². The molecule has 1 fully saturated rings. The van der Waals surface area contributed by atoms with Gasteiger partial charge in [0.05, 0.1) is 0 Å². The second-order valence-electron chi connectivity index (χ2n) is 6.63. The maximum Gasteiger partial charge on any atom is 0.227 e. The summed E-state index contributed by atoms with van der Waals surface area (Å²) < 4.78 is 5.25. The van der Waals surface area contributed by atoms with Crippen LogP contribution in [0.3, 0.4) is 0 Å². The molecule has 1 unspecified atom stereocenters. The molecule has 1 aromatic heterocycles. The van der Waals surface area contributed by atoms with Crippen molar-refractivity contribution in [2.75, 3.05) is 19.6 Å². The number of nitrogens with one attached hydrogen (secondary N) is 1. The Hall–Kier alpha value is -1.92. The molecule has 0 aliphatic carbocycles. The van der Waals surface area contributed by atoms with Crippen molar-refractivity contribution in [1.82, 2.24) is 20.4 Å². The largest absolute Gasteiger partial charge is 0.355 e. The number of aromatic nitrogens is 2.